The maximum absolute atomic E-state index is 5.27. The first-order valence-corrected chi connectivity index (χ1v) is 9.81. The molecule has 0 saturated heterocycles. The molecule has 0 aliphatic heterocycles. The highest BCUT2D eigenvalue weighted by molar-refractivity contribution is 7.98. The van der Waals surface area contributed by atoms with Gasteiger partial charge in [-0.15, -0.1) is 10.2 Å². The van der Waals surface area contributed by atoms with E-state index in [1.807, 2.05) is 24.3 Å². The van der Waals surface area contributed by atoms with Crippen molar-refractivity contribution < 1.29 is 9.26 Å². The molecule has 2 heterocycles. The van der Waals surface area contributed by atoms with Crippen molar-refractivity contribution in [3.05, 3.63) is 36.5 Å². The van der Waals surface area contributed by atoms with Gasteiger partial charge in [0.05, 0.1) is 12.9 Å². The minimum atomic E-state index is 0.434. The molecule has 2 aromatic heterocycles. The van der Waals surface area contributed by atoms with E-state index in [4.69, 9.17) is 9.26 Å². The molecule has 7 nitrogen and oxygen atoms in total. The molecular formula is C18H21N5O2S. The third-order valence-corrected chi connectivity index (χ3v) is 5.63. The zero-order chi connectivity index (χ0) is 17.8. The first-order valence-electron chi connectivity index (χ1n) is 8.82. The second-order valence-corrected chi connectivity index (χ2v) is 7.28. The van der Waals surface area contributed by atoms with Crippen LogP contribution < -0.4 is 4.74 Å². The second-order valence-electron chi connectivity index (χ2n) is 6.33. The molecule has 0 bridgehead atoms. The summed E-state index contributed by atoms with van der Waals surface area (Å²) in [5.41, 5.74) is 1.05. The molecule has 4 rings (SSSR count). The van der Waals surface area contributed by atoms with E-state index in [0.717, 1.165) is 35.1 Å². The number of hydrogen-bond acceptors (Lipinski definition) is 7. The normalized spacial score (nSPS) is 15.3. The van der Waals surface area contributed by atoms with Gasteiger partial charge in [-0.25, -0.2) is 0 Å². The largest absolute Gasteiger partial charge is 0.497 e. The summed E-state index contributed by atoms with van der Waals surface area (Å²) in [5.74, 6) is 3.03. The summed E-state index contributed by atoms with van der Waals surface area (Å²) in [4.78, 5) is 4.09. The lowest BCUT2D eigenvalue weighted by Crippen LogP contribution is -2.15. The van der Waals surface area contributed by atoms with Crippen molar-refractivity contribution in [1.82, 2.24) is 24.9 Å². The highest BCUT2D eigenvalue weighted by Gasteiger charge is 2.24. The zero-order valence-electron chi connectivity index (χ0n) is 14.7. The lowest BCUT2D eigenvalue weighted by Gasteiger charge is -2.25. The standard InChI is InChI=1S/C18H21N5O2S/c1-24-15-9-7-13(8-10-15)17-20-21-18(26-11-16-19-12-25-22-16)23(17)14-5-3-2-4-6-14/h7-10,12,14H,2-6,11H2,1H3. The van der Waals surface area contributed by atoms with E-state index >= 15 is 0 Å². The summed E-state index contributed by atoms with van der Waals surface area (Å²) < 4.78 is 12.4. The molecule has 1 saturated carbocycles. The molecule has 26 heavy (non-hydrogen) atoms. The van der Waals surface area contributed by atoms with Crippen LogP contribution in [0.3, 0.4) is 0 Å². The van der Waals surface area contributed by atoms with Gasteiger partial charge in [-0.05, 0) is 37.1 Å². The van der Waals surface area contributed by atoms with Crippen LogP contribution >= 0.6 is 11.8 Å². The SMILES string of the molecule is COc1ccc(-c2nnc(SCc3ncon3)n2C2CCCCC2)cc1. The van der Waals surface area contributed by atoms with Crippen molar-refractivity contribution in [3.63, 3.8) is 0 Å². The molecule has 1 aliphatic rings. The number of aromatic nitrogens is 5. The van der Waals surface area contributed by atoms with Gasteiger partial charge in [-0.3, -0.25) is 4.57 Å². The summed E-state index contributed by atoms with van der Waals surface area (Å²) in [6, 6.07) is 8.43. The van der Waals surface area contributed by atoms with Gasteiger partial charge >= 0.3 is 0 Å². The monoisotopic (exact) mass is 371 g/mol. The summed E-state index contributed by atoms with van der Waals surface area (Å²) in [5, 5.41) is 13.8. The Morgan fingerprint density at radius 2 is 1.96 bits per heavy atom. The van der Waals surface area contributed by atoms with Gasteiger partial charge in [0.1, 0.15) is 5.75 Å². The Morgan fingerprint density at radius 3 is 2.65 bits per heavy atom. The average Bonchev–Trinajstić information content (AvgIpc) is 3.37. The third kappa shape index (κ3) is 3.60. The summed E-state index contributed by atoms with van der Waals surface area (Å²) in [7, 11) is 1.67. The Labute approximate surface area is 156 Å². The number of hydrogen-bond donors (Lipinski definition) is 0. The maximum atomic E-state index is 5.27. The predicted octanol–water partition coefficient (Wildman–Crippen LogP) is 4.13. The smallest absolute Gasteiger partial charge is 0.213 e. The van der Waals surface area contributed by atoms with Crippen LogP contribution in [0, 0.1) is 0 Å². The van der Waals surface area contributed by atoms with Gasteiger partial charge in [0.25, 0.3) is 0 Å². The Kier molecular flexibility index (Phi) is 5.19. The first kappa shape index (κ1) is 17.1. The van der Waals surface area contributed by atoms with Crippen molar-refractivity contribution in [3.8, 4) is 17.1 Å². The number of methoxy groups -OCH3 is 1. The zero-order valence-corrected chi connectivity index (χ0v) is 15.5. The molecule has 0 unspecified atom stereocenters. The van der Waals surface area contributed by atoms with Crippen LogP contribution in [0.2, 0.25) is 0 Å². The van der Waals surface area contributed by atoms with E-state index in [0.29, 0.717) is 17.6 Å². The van der Waals surface area contributed by atoms with Crippen LogP contribution in [-0.2, 0) is 5.75 Å². The molecule has 3 aromatic rings. The maximum Gasteiger partial charge on any atom is 0.213 e. The van der Waals surface area contributed by atoms with E-state index in [1.54, 1.807) is 18.9 Å². The van der Waals surface area contributed by atoms with E-state index in [1.165, 1.54) is 25.7 Å². The molecule has 0 N–H and O–H groups in total. The number of thioether (sulfide) groups is 1. The molecule has 0 atom stereocenters. The number of nitrogens with zero attached hydrogens (tertiary/aromatic N) is 5. The number of benzene rings is 1. The van der Waals surface area contributed by atoms with E-state index in [-0.39, 0.29) is 0 Å². The molecule has 8 heteroatoms. The van der Waals surface area contributed by atoms with Crippen LogP contribution in [0.4, 0.5) is 0 Å². The van der Waals surface area contributed by atoms with Gasteiger partial charge in [0.2, 0.25) is 6.39 Å². The van der Waals surface area contributed by atoms with Gasteiger partial charge in [-0.1, -0.05) is 36.2 Å². The Hall–Kier alpha value is -2.35. The molecular weight excluding hydrogens is 350 g/mol. The van der Waals surface area contributed by atoms with E-state index in [2.05, 4.69) is 24.9 Å². The van der Waals surface area contributed by atoms with Gasteiger partial charge in [0.15, 0.2) is 16.8 Å². The Morgan fingerprint density at radius 1 is 1.15 bits per heavy atom. The summed E-state index contributed by atoms with van der Waals surface area (Å²) in [6.45, 7) is 0. The molecule has 136 valence electrons. The van der Waals surface area contributed by atoms with E-state index in [9.17, 15) is 0 Å². The highest BCUT2D eigenvalue weighted by Crippen LogP contribution is 2.36. The van der Waals surface area contributed by atoms with E-state index < -0.39 is 0 Å². The lowest BCUT2D eigenvalue weighted by molar-refractivity contribution is 0.339. The van der Waals surface area contributed by atoms with Crippen LogP contribution in [0.5, 0.6) is 5.75 Å². The number of ether oxygens (including phenoxy) is 1. The molecule has 0 amide bonds. The number of rotatable bonds is 6. The Balaban J connectivity index is 1.65. The first-order chi connectivity index (χ1) is 12.8. The predicted molar refractivity (Wildman–Crippen MR) is 98.0 cm³/mol. The van der Waals surface area contributed by atoms with Crippen LogP contribution in [0.25, 0.3) is 11.4 Å². The molecule has 1 fully saturated rings. The fourth-order valence-corrected chi connectivity index (χ4v) is 4.22. The van der Waals surface area contributed by atoms with Gasteiger partial charge in [-0.2, -0.15) is 4.98 Å². The van der Waals surface area contributed by atoms with Crippen molar-refractivity contribution in [2.45, 2.75) is 49.1 Å². The topological polar surface area (TPSA) is 78.9 Å². The quantitative estimate of drug-likeness (QED) is 0.603. The fraction of sp³-hybridized carbons (Fsp3) is 0.444. The third-order valence-electron chi connectivity index (χ3n) is 4.69. The van der Waals surface area contributed by atoms with Gasteiger partial charge < -0.3 is 9.26 Å². The lowest BCUT2D eigenvalue weighted by atomic mass is 9.95. The molecule has 1 aliphatic carbocycles. The van der Waals surface area contributed by atoms with Crippen LogP contribution in [0.1, 0.15) is 44.0 Å². The van der Waals surface area contributed by atoms with Crippen molar-refractivity contribution >= 4 is 11.8 Å². The van der Waals surface area contributed by atoms with Crippen molar-refractivity contribution in [1.29, 1.82) is 0 Å². The van der Waals surface area contributed by atoms with Crippen molar-refractivity contribution in [2.75, 3.05) is 7.11 Å². The summed E-state index contributed by atoms with van der Waals surface area (Å²) in [6.07, 6.45) is 7.49. The highest BCUT2D eigenvalue weighted by atomic mass is 32.2. The Bertz CT molecular complexity index is 826. The minimum absolute atomic E-state index is 0.434. The van der Waals surface area contributed by atoms with Crippen molar-refractivity contribution in [2.24, 2.45) is 0 Å². The minimum Gasteiger partial charge on any atom is -0.497 e. The second kappa shape index (κ2) is 7.90. The molecule has 0 spiro atoms. The fourth-order valence-electron chi connectivity index (χ4n) is 3.37. The van der Waals surface area contributed by atoms with Gasteiger partial charge in [0, 0.05) is 11.6 Å². The van der Waals surface area contributed by atoms with Crippen LogP contribution in [-0.4, -0.2) is 32.0 Å². The average molecular weight is 371 g/mol. The molecule has 0 radical (unpaired) electrons. The summed E-state index contributed by atoms with van der Waals surface area (Å²) >= 11 is 1.60. The van der Waals surface area contributed by atoms with Crippen LogP contribution in [0.15, 0.2) is 40.3 Å². The molecule has 1 aromatic carbocycles.